The Labute approximate surface area is 161 Å². The molecule has 0 aliphatic carbocycles. The molecule has 1 aliphatic heterocycles. The molecule has 0 radical (unpaired) electrons. The Kier molecular flexibility index (Phi) is 4.82. The van der Waals surface area contributed by atoms with E-state index < -0.39 is 6.04 Å². The van der Waals surface area contributed by atoms with Crippen molar-refractivity contribution in [2.45, 2.75) is 26.1 Å². The van der Waals surface area contributed by atoms with Crippen LogP contribution in [0.25, 0.3) is 0 Å². The number of oxazole rings is 1. The summed E-state index contributed by atoms with van der Waals surface area (Å²) in [4.78, 5) is 31.7. The number of methoxy groups -OCH3 is 1. The molecule has 1 atom stereocenters. The van der Waals surface area contributed by atoms with Gasteiger partial charge in [0.1, 0.15) is 12.3 Å². The average Bonchev–Trinajstić information content (AvgIpc) is 3.29. The van der Waals surface area contributed by atoms with Crippen LogP contribution in [0.5, 0.6) is 0 Å². The van der Waals surface area contributed by atoms with Crippen molar-refractivity contribution in [3.8, 4) is 0 Å². The highest BCUT2D eigenvalue weighted by Gasteiger charge is 2.37. The number of hydrogen-bond donors (Lipinski definition) is 0. The summed E-state index contributed by atoms with van der Waals surface area (Å²) in [5.41, 5.74) is 0.923. The van der Waals surface area contributed by atoms with E-state index in [1.54, 1.807) is 23.5 Å². The molecule has 1 unspecified atom stereocenters. The standard InChI is InChI=1S/C19H21N5O4/c1-13-20-15(12-28-13)18(25)22-8-9-23-17(16(22)14-6-4-3-5-7-14)21-24(19(23)26)10-11-27-2/h3-7,12,16H,8-11H2,1-2H3. The van der Waals surface area contributed by atoms with Gasteiger partial charge in [-0.25, -0.2) is 14.5 Å². The second kappa shape index (κ2) is 7.43. The van der Waals surface area contributed by atoms with Crippen molar-refractivity contribution in [3.05, 3.63) is 70.1 Å². The van der Waals surface area contributed by atoms with Gasteiger partial charge in [0.25, 0.3) is 5.91 Å². The molecule has 146 valence electrons. The highest BCUT2D eigenvalue weighted by atomic mass is 16.5. The van der Waals surface area contributed by atoms with Crippen LogP contribution in [0.3, 0.4) is 0 Å². The number of carbonyl (C=O) groups excluding carboxylic acids is 1. The number of benzene rings is 1. The maximum Gasteiger partial charge on any atom is 0.346 e. The molecule has 0 N–H and O–H groups in total. The van der Waals surface area contributed by atoms with Crippen molar-refractivity contribution in [2.75, 3.05) is 20.3 Å². The van der Waals surface area contributed by atoms with Gasteiger partial charge >= 0.3 is 5.69 Å². The van der Waals surface area contributed by atoms with Crippen LogP contribution < -0.4 is 5.69 Å². The third-order valence-electron chi connectivity index (χ3n) is 4.79. The highest BCUT2D eigenvalue weighted by Crippen LogP contribution is 2.31. The molecule has 1 aliphatic rings. The molecule has 2 aromatic heterocycles. The van der Waals surface area contributed by atoms with Gasteiger partial charge < -0.3 is 14.1 Å². The molecule has 0 saturated heterocycles. The first kappa shape index (κ1) is 18.2. The Balaban J connectivity index is 1.79. The molecule has 1 amide bonds. The van der Waals surface area contributed by atoms with Crippen LogP contribution in [-0.4, -0.2) is 50.4 Å². The summed E-state index contributed by atoms with van der Waals surface area (Å²) in [6.07, 6.45) is 1.36. The zero-order chi connectivity index (χ0) is 19.7. The van der Waals surface area contributed by atoms with Crippen molar-refractivity contribution in [1.82, 2.24) is 24.2 Å². The normalized spacial score (nSPS) is 16.2. The van der Waals surface area contributed by atoms with Gasteiger partial charge in [0.05, 0.1) is 13.2 Å². The van der Waals surface area contributed by atoms with Crippen LogP contribution in [0.15, 0.2) is 45.8 Å². The fourth-order valence-electron chi connectivity index (χ4n) is 3.46. The second-order valence-corrected chi connectivity index (χ2v) is 6.57. The van der Waals surface area contributed by atoms with Crippen molar-refractivity contribution in [2.24, 2.45) is 0 Å². The molecule has 9 heteroatoms. The zero-order valence-corrected chi connectivity index (χ0v) is 15.7. The largest absolute Gasteiger partial charge is 0.448 e. The predicted octanol–water partition coefficient (Wildman–Crippen LogP) is 1.23. The van der Waals surface area contributed by atoms with Crippen LogP contribution in [0.1, 0.15) is 33.8 Å². The third kappa shape index (κ3) is 3.13. The minimum Gasteiger partial charge on any atom is -0.448 e. The topological polar surface area (TPSA) is 95.4 Å². The van der Waals surface area contributed by atoms with Crippen LogP contribution in [0.2, 0.25) is 0 Å². The van der Waals surface area contributed by atoms with Crippen LogP contribution in [0.4, 0.5) is 0 Å². The number of rotatable bonds is 5. The van der Waals surface area contributed by atoms with Crippen LogP contribution in [0, 0.1) is 6.92 Å². The number of amides is 1. The third-order valence-corrected chi connectivity index (χ3v) is 4.79. The first-order valence-corrected chi connectivity index (χ1v) is 9.04. The molecule has 3 heterocycles. The Hall–Kier alpha value is -3.20. The van der Waals surface area contributed by atoms with Gasteiger partial charge in [-0.3, -0.25) is 9.36 Å². The first-order valence-electron chi connectivity index (χ1n) is 9.04. The monoisotopic (exact) mass is 383 g/mol. The molecule has 0 saturated carbocycles. The summed E-state index contributed by atoms with van der Waals surface area (Å²) in [5.74, 6) is 0.709. The fraction of sp³-hybridized carbons (Fsp3) is 0.368. The van der Waals surface area contributed by atoms with Gasteiger partial charge in [0.2, 0.25) is 0 Å². The molecule has 0 spiro atoms. The molecule has 1 aromatic carbocycles. The minimum absolute atomic E-state index is 0.197. The lowest BCUT2D eigenvalue weighted by atomic mass is 10.0. The summed E-state index contributed by atoms with van der Waals surface area (Å²) in [7, 11) is 1.58. The van der Waals surface area contributed by atoms with Crippen LogP contribution in [-0.2, 0) is 17.8 Å². The van der Waals surface area contributed by atoms with Crippen molar-refractivity contribution >= 4 is 5.91 Å². The van der Waals surface area contributed by atoms with Gasteiger partial charge in [-0.2, -0.15) is 5.10 Å². The van der Waals surface area contributed by atoms with Crippen molar-refractivity contribution < 1.29 is 13.9 Å². The van der Waals surface area contributed by atoms with Gasteiger partial charge in [-0.1, -0.05) is 30.3 Å². The summed E-state index contributed by atoms with van der Waals surface area (Å²) < 4.78 is 13.3. The number of ether oxygens (including phenoxy) is 1. The van der Waals surface area contributed by atoms with E-state index in [2.05, 4.69) is 10.1 Å². The molecule has 0 fully saturated rings. The van der Waals surface area contributed by atoms with Crippen molar-refractivity contribution in [3.63, 3.8) is 0 Å². The maximum absolute atomic E-state index is 13.1. The minimum atomic E-state index is -0.490. The van der Waals surface area contributed by atoms with Gasteiger partial charge in [-0.15, -0.1) is 0 Å². The number of aryl methyl sites for hydroxylation is 1. The zero-order valence-electron chi connectivity index (χ0n) is 15.7. The number of aromatic nitrogens is 4. The van der Waals surface area contributed by atoms with E-state index in [0.717, 1.165) is 5.56 Å². The maximum atomic E-state index is 13.1. The Morgan fingerprint density at radius 1 is 1.29 bits per heavy atom. The summed E-state index contributed by atoms with van der Waals surface area (Å²) in [6.45, 7) is 3.16. The summed E-state index contributed by atoms with van der Waals surface area (Å²) >= 11 is 0. The Morgan fingerprint density at radius 3 is 2.75 bits per heavy atom. The lowest BCUT2D eigenvalue weighted by Gasteiger charge is -2.34. The summed E-state index contributed by atoms with van der Waals surface area (Å²) in [6, 6.07) is 9.06. The predicted molar refractivity (Wildman–Crippen MR) is 98.9 cm³/mol. The molecule has 9 nitrogen and oxygen atoms in total. The number of fused-ring (bicyclic) bond motifs is 1. The lowest BCUT2D eigenvalue weighted by Crippen LogP contribution is -2.45. The molecular formula is C19H21N5O4. The molecule has 3 aromatic rings. The van der Waals surface area contributed by atoms with E-state index in [1.807, 2.05) is 30.3 Å². The van der Waals surface area contributed by atoms with E-state index in [0.29, 0.717) is 38.0 Å². The molecular weight excluding hydrogens is 362 g/mol. The number of hydrogen-bond acceptors (Lipinski definition) is 6. The van der Waals surface area contributed by atoms with Gasteiger partial charge in [0, 0.05) is 27.1 Å². The Bertz CT molecular complexity index is 1040. The van der Waals surface area contributed by atoms with E-state index in [9.17, 15) is 9.59 Å². The van der Waals surface area contributed by atoms with E-state index in [1.165, 1.54) is 10.9 Å². The van der Waals surface area contributed by atoms with E-state index in [-0.39, 0.29) is 17.3 Å². The second-order valence-electron chi connectivity index (χ2n) is 6.57. The quantitative estimate of drug-likeness (QED) is 0.658. The number of nitrogens with zero attached hydrogens (tertiary/aromatic N) is 5. The van der Waals surface area contributed by atoms with Gasteiger partial charge in [0.15, 0.2) is 17.4 Å². The van der Waals surface area contributed by atoms with E-state index in [4.69, 9.17) is 9.15 Å². The van der Waals surface area contributed by atoms with E-state index >= 15 is 0 Å². The van der Waals surface area contributed by atoms with Gasteiger partial charge in [-0.05, 0) is 5.56 Å². The van der Waals surface area contributed by atoms with Crippen molar-refractivity contribution in [1.29, 1.82) is 0 Å². The Morgan fingerprint density at radius 2 is 2.07 bits per heavy atom. The molecule has 28 heavy (non-hydrogen) atoms. The SMILES string of the molecule is COCCn1nc2n(c1=O)CCN(C(=O)c1coc(C)n1)C2c1ccccc1. The lowest BCUT2D eigenvalue weighted by molar-refractivity contribution is 0.0651. The molecule has 4 rings (SSSR count). The average molecular weight is 383 g/mol. The van der Waals surface area contributed by atoms with Crippen LogP contribution >= 0.6 is 0 Å². The smallest absolute Gasteiger partial charge is 0.346 e. The first-order chi connectivity index (χ1) is 13.6. The summed E-state index contributed by atoms with van der Waals surface area (Å²) in [5, 5.41) is 4.53. The fourth-order valence-corrected chi connectivity index (χ4v) is 3.46. The highest BCUT2D eigenvalue weighted by molar-refractivity contribution is 5.92. The molecule has 0 bridgehead atoms. The number of carbonyl (C=O) groups is 1.